The first kappa shape index (κ1) is 14.5. The van der Waals surface area contributed by atoms with Crippen molar-refractivity contribution in [1.29, 1.82) is 0 Å². The Morgan fingerprint density at radius 1 is 1.22 bits per heavy atom. The van der Waals surface area contributed by atoms with E-state index in [2.05, 4.69) is 5.32 Å². The van der Waals surface area contributed by atoms with Crippen molar-refractivity contribution >= 4 is 21.8 Å². The summed E-state index contributed by atoms with van der Waals surface area (Å²) in [6.45, 7) is 0.444. The van der Waals surface area contributed by atoms with E-state index in [1.807, 2.05) is 0 Å². The van der Waals surface area contributed by atoms with Gasteiger partial charge in [-0.15, -0.1) is 0 Å². The van der Waals surface area contributed by atoms with Crippen LogP contribution in [0.25, 0.3) is 0 Å². The van der Waals surface area contributed by atoms with Gasteiger partial charge in [0.2, 0.25) is 0 Å². The monoisotopic (exact) mass is 273 g/mol. The predicted molar refractivity (Wildman–Crippen MR) is 67.5 cm³/mol. The Kier molecular flexibility index (Phi) is 5.11. The summed E-state index contributed by atoms with van der Waals surface area (Å²) in [6, 6.07) is 6.48. The summed E-state index contributed by atoms with van der Waals surface area (Å²) >= 11 is 0. The van der Waals surface area contributed by atoms with Crippen LogP contribution in [0.3, 0.4) is 0 Å². The van der Waals surface area contributed by atoms with E-state index in [1.165, 1.54) is 6.07 Å². The molecular formula is C11H15NO5S. The second kappa shape index (κ2) is 6.36. The van der Waals surface area contributed by atoms with Crippen LogP contribution in [0.15, 0.2) is 24.3 Å². The molecule has 0 fully saturated rings. The zero-order chi connectivity index (χ0) is 13.6. The highest BCUT2D eigenvalue weighted by Gasteiger charge is 2.08. The lowest BCUT2D eigenvalue weighted by Gasteiger charge is -2.08. The maximum absolute atomic E-state index is 10.9. The Balaban J connectivity index is 2.42. The van der Waals surface area contributed by atoms with Gasteiger partial charge in [-0.25, -0.2) is 4.79 Å². The minimum absolute atomic E-state index is 0.173. The lowest BCUT2D eigenvalue weighted by atomic mass is 10.2. The van der Waals surface area contributed by atoms with Crippen LogP contribution in [0.5, 0.6) is 0 Å². The van der Waals surface area contributed by atoms with Crippen molar-refractivity contribution < 1.29 is 22.9 Å². The molecule has 3 N–H and O–H groups in total. The number of carboxylic acid groups (broad SMARTS) is 1. The van der Waals surface area contributed by atoms with Crippen LogP contribution in [-0.4, -0.2) is 36.3 Å². The first-order valence-electron chi connectivity index (χ1n) is 5.41. The van der Waals surface area contributed by atoms with Crippen molar-refractivity contribution in [3.63, 3.8) is 0 Å². The van der Waals surface area contributed by atoms with Crippen LogP contribution in [0.2, 0.25) is 0 Å². The van der Waals surface area contributed by atoms with Gasteiger partial charge in [-0.3, -0.25) is 4.55 Å². The summed E-state index contributed by atoms with van der Waals surface area (Å²) < 4.78 is 29.5. The molecule has 0 aliphatic heterocycles. The number of hydrogen-bond acceptors (Lipinski definition) is 4. The minimum Gasteiger partial charge on any atom is -0.478 e. The van der Waals surface area contributed by atoms with Gasteiger partial charge < -0.3 is 10.4 Å². The molecule has 0 atom stereocenters. The molecule has 1 rings (SSSR count). The topological polar surface area (TPSA) is 104 Å². The number of rotatable bonds is 7. The number of benzene rings is 1. The third kappa shape index (κ3) is 5.15. The normalized spacial score (nSPS) is 11.2. The fraction of sp³-hybridized carbons (Fsp3) is 0.364. The molecule has 0 aliphatic carbocycles. The molecular weight excluding hydrogens is 258 g/mol. The number of carbonyl (C=O) groups is 1. The molecule has 0 aromatic heterocycles. The highest BCUT2D eigenvalue weighted by molar-refractivity contribution is 7.85. The maximum Gasteiger partial charge on any atom is 0.337 e. The number of nitrogens with one attached hydrogen (secondary N) is 1. The lowest BCUT2D eigenvalue weighted by Crippen LogP contribution is -2.09. The van der Waals surface area contributed by atoms with Gasteiger partial charge in [0.25, 0.3) is 10.1 Å². The maximum atomic E-state index is 10.9. The van der Waals surface area contributed by atoms with E-state index < -0.39 is 16.1 Å². The number of aromatic carboxylic acids is 1. The first-order chi connectivity index (χ1) is 8.40. The van der Waals surface area contributed by atoms with Crippen LogP contribution < -0.4 is 5.32 Å². The van der Waals surface area contributed by atoms with Gasteiger partial charge in [-0.05, 0) is 25.0 Å². The van der Waals surface area contributed by atoms with Crippen LogP contribution in [0.4, 0.5) is 5.69 Å². The van der Waals surface area contributed by atoms with Crippen LogP contribution in [0.1, 0.15) is 23.2 Å². The Morgan fingerprint density at radius 3 is 2.50 bits per heavy atom. The van der Waals surface area contributed by atoms with Crippen molar-refractivity contribution in [3.8, 4) is 0 Å². The van der Waals surface area contributed by atoms with Crippen LogP contribution in [-0.2, 0) is 10.1 Å². The van der Waals surface area contributed by atoms with Crippen molar-refractivity contribution in [3.05, 3.63) is 29.8 Å². The van der Waals surface area contributed by atoms with E-state index >= 15 is 0 Å². The van der Waals surface area contributed by atoms with Gasteiger partial charge >= 0.3 is 5.97 Å². The third-order valence-corrected chi connectivity index (χ3v) is 3.11. The van der Waals surface area contributed by atoms with E-state index in [4.69, 9.17) is 9.66 Å². The zero-order valence-electron chi connectivity index (χ0n) is 9.67. The summed E-state index contributed by atoms with van der Waals surface area (Å²) in [6.07, 6.45) is 0.842. The van der Waals surface area contributed by atoms with E-state index in [-0.39, 0.29) is 11.3 Å². The smallest absolute Gasteiger partial charge is 0.337 e. The highest BCUT2D eigenvalue weighted by atomic mass is 32.2. The summed E-state index contributed by atoms with van der Waals surface area (Å²) in [4.78, 5) is 10.9. The average Bonchev–Trinajstić information content (AvgIpc) is 2.27. The molecule has 6 nitrogen and oxygen atoms in total. The van der Waals surface area contributed by atoms with Crippen LogP contribution >= 0.6 is 0 Å². The molecule has 1 aromatic rings. The van der Waals surface area contributed by atoms with Gasteiger partial charge in [-0.2, -0.15) is 8.42 Å². The summed E-state index contributed by atoms with van der Waals surface area (Å²) in [5.41, 5.74) is 0.670. The van der Waals surface area contributed by atoms with E-state index in [9.17, 15) is 13.2 Å². The Bertz CT molecular complexity index is 512. The molecule has 0 spiro atoms. The van der Waals surface area contributed by atoms with Crippen molar-refractivity contribution in [2.75, 3.05) is 17.6 Å². The van der Waals surface area contributed by atoms with E-state index in [1.54, 1.807) is 18.2 Å². The molecule has 7 heteroatoms. The second-order valence-electron chi connectivity index (χ2n) is 3.77. The summed E-state index contributed by atoms with van der Waals surface area (Å²) in [7, 11) is -3.91. The molecule has 0 aliphatic rings. The van der Waals surface area contributed by atoms with Gasteiger partial charge in [0.1, 0.15) is 0 Å². The average molecular weight is 273 g/mol. The number of carboxylic acids is 1. The Hall–Kier alpha value is -1.60. The fourth-order valence-corrected chi connectivity index (χ4v) is 2.03. The minimum atomic E-state index is -3.91. The quantitative estimate of drug-likeness (QED) is 0.513. The lowest BCUT2D eigenvalue weighted by molar-refractivity contribution is 0.0698. The number of hydrogen-bond donors (Lipinski definition) is 3. The van der Waals surface area contributed by atoms with Crippen molar-refractivity contribution in [1.82, 2.24) is 0 Å². The van der Waals surface area contributed by atoms with Gasteiger partial charge in [-0.1, -0.05) is 12.1 Å². The number of unbranched alkanes of at least 4 members (excludes halogenated alkanes) is 1. The number of anilines is 1. The van der Waals surface area contributed by atoms with Gasteiger partial charge in [0.15, 0.2) is 0 Å². The summed E-state index contributed by atoms with van der Waals surface area (Å²) in [5, 5.41) is 11.8. The third-order valence-electron chi connectivity index (χ3n) is 2.30. The molecule has 0 heterocycles. The van der Waals surface area contributed by atoms with Gasteiger partial charge in [0.05, 0.1) is 11.3 Å². The largest absolute Gasteiger partial charge is 0.478 e. The molecule has 0 unspecified atom stereocenters. The SMILES string of the molecule is O=C(O)c1ccccc1NCCCCS(=O)(=O)O. The van der Waals surface area contributed by atoms with Crippen molar-refractivity contribution in [2.45, 2.75) is 12.8 Å². The van der Waals surface area contributed by atoms with Gasteiger partial charge in [0, 0.05) is 12.2 Å². The molecule has 0 radical (unpaired) electrons. The molecule has 0 saturated heterocycles. The Labute approximate surface area is 105 Å². The standard InChI is InChI=1S/C11H15NO5S/c13-11(14)9-5-1-2-6-10(9)12-7-3-4-8-18(15,16)17/h1-2,5-6,12H,3-4,7-8H2,(H,13,14)(H,15,16,17). The molecule has 1 aromatic carbocycles. The fourth-order valence-electron chi connectivity index (χ4n) is 1.46. The second-order valence-corrected chi connectivity index (χ2v) is 5.34. The Morgan fingerprint density at radius 2 is 1.89 bits per heavy atom. The number of para-hydroxylation sites is 1. The molecule has 100 valence electrons. The highest BCUT2D eigenvalue weighted by Crippen LogP contribution is 2.14. The van der Waals surface area contributed by atoms with E-state index in [0.717, 1.165) is 0 Å². The summed E-state index contributed by atoms with van der Waals surface area (Å²) in [5.74, 6) is -1.30. The molecule has 0 amide bonds. The predicted octanol–water partition coefficient (Wildman–Crippen LogP) is 1.46. The van der Waals surface area contributed by atoms with E-state index in [0.29, 0.717) is 25.1 Å². The molecule has 0 bridgehead atoms. The zero-order valence-corrected chi connectivity index (χ0v) is 10.5. The van der Waals surface area contributed by atoms with Crippen molar-refractivity contribution in [2.24, 2.45) is 0 Å². The van der Waals surface area contributed by atoms with Crippen LogP contribution in [0, 0.1) is 0 Å². The first-order valence-corrected chi connectivity index (χ1v) is 7.02. The molecule has 18 heavy (non-hydrogen) atoms. The molecule has 0 saturated carbocycles.